The number of hydrogen-bond acceptors (Lipinski definition) is 3. The Bertz CT molecular complexity index is 518. The molecule has 0 atom stereocenters. The van der Waals surface area contributed by atoms with Crippen molar-refractivity contribution in [3.8, 4) is 5.75 Å². The van der Waals surface area contributed by atoms with E-state index in [-0.39, 0.29) is 18.4 Å². The van der Waals surface area contributed by atoms with Crippen LogP contribution in [-0.4, -0.2) is 36.9 Å². The van der Waals surface area contributed by atoms with E-state index in [1.807, 2.05) is 13.8 Å². The van der Waals surface area contributed by atoms with E-state index in [2.05, 4.69) is 5.32 Å². The Kier molecular flexibility index (Phi) is 6.49. The zero-order chi connectivity index (χ0) is 16.0. The molecule has 0 radical (unpaired) electrons. The van der Waals surface area contributed by atoms with Crippen molar-refractivity contribution in [1.82, 2.24) is 4.90 Å². The molecule has 0 unspecified atom stereocenters. The first kappa shape index (κ1) is 17.3. The molecule has 116 valence electrons. The molecule has 0 aromatic heterocycles. The summed E-state index contributed by atoms with van der Waals surface area (Å²) in [4.78, 5) is 25.0. The van der Waals surface area contributed by atoms with Gasteiger partial charge in [0.15, 0.2) is 0 Å². The molecular formula is C15H21ClN2O3. The Morgan fingerprint density at radius 3 is 2.52 bits per heavy atom. The number of carbonyl (C=O) groups excluding carboxylic acids is 2. The van der Waals surface area contributed by atoms with Gasteiger partial charge in [-0.05, 0) is 24.1 Å². The number of nitrogens with zero attached hydrogens (tertiary/aromatic N) is 1. The van der Waals surface area contributed by atoms with E-state index in [1.165, 1.54) is 18.9 Å². The Morgan fingerprint density at radius 2 is 2.05 bits per heavy atom. The molecule has 0 aliphatic rings. The lowest BCUT2D eigenvalue weighted by atomic mass is 10.2. The first-order chi connectivity index (χ1) is 9.83. The van der Waals surface area contributed by atoms with E-state index in [4.69, 9.17) is 16.3 Å². The van der Waals surface area contributed by atoms with Gasteiger partial charge in [0.25, 0.3) is 0 Å². The van der Waals surface area contributed by atoms with Gasteiger partial charge >= 0.3 is 0 Å². The van der Waals surface area contributed by atoms with E-state index in [9.17, 15) is 9.59 Å². The second-order valence-electron chi connectivity index (χ2n) is 5.19. The Hall–Kier alpha value is -1.75. The van der Waals surface area contributed by atoms with E-state index in [0.717, 1.165) is 0 Å². The lowest BCUT2D eigenvalue weighted by Crippen LogP contribution is -2.38. The Labute approximate surface area is 130 Å². The van der Waals surface area contributed by atoms with Crippen LogP contribution < -0.4 is 10.1 Å². The summed E-state index contributed by atoms with van der Waals surface area (Å²) in [6.45, 7) is 6.03. The van der Waals surface area contributed by atoms with Crippen LogP contribution in [0.4, 0.5) is 5.69 Å². The van der Waals surface area contributed by atoms with Gasteiger partial charge in [0.2, 0.25) is 11.8 Å². The monoisotopic (exact) mass is 312 g/mol. The first-order valence-electron chi connectivity index (χ1n) is 6.72. The van der Waals surface area contributed by atoms with Gasteiger partial charge in [-0.3, -0.25) is 9.59 Å². The molecule has 1 aromatic rings. The number of hydrogen-bond donors (Lipinski definition) is 1. The van der Waals surface area contributed by atoms with Crippen molar-refractivity contribution >= 4 is 29.1 Å². The van der Waals surface area contributed by atoms with E-state index in [1.54, 1.807) is 18.2 Å². The minimum absolute atomic E-state index is 0.0250. The minimum atomic E-state index is -0.257. The molecule has 0 aliphatic heterocycles. The standard InChI is InChI=1S/C15H21ClN2O3/c1-10(2)8-18(11(3)19)9-15(20)17-12-5-6-14(21-4)13(16)7-12/h5-7,10H,8-9H2,1-4H3,(H,17,20). The summed E-state index contributed by atoms with van der Waals surface area (Å²) < 4.78 is 5.05. The van der Waals surface area contributed by atoms with Gasteiger partial charge in [-0.1, -0.05) is 25.4 Å². The molecule has 0 bridgehead atoms. The van der Waals surface area contributed by atoms with Crippen molar-refractivity contribution in [1.29, 1.82) is 0 Å². The third-order valence-corrected chi connectivity index (χ3v) is 3.10. The van der Waals surface area contributed by atoms with Crippen LogP contribution in [0.1, 0.15) is 20.8 Å². The molecule has 0 saturated carbocycles. The van der Waals surface area contributed by atoms with Gasteiger partial charge in [0.05, 0.1) is 18.7 Å². The fourth-order valence-corrected chi connectivity index (χ4v) is 2.12. The molecule has 6 heteroatoms. The second kappa shape index (κ2) is 7.88. The van der Waals surface area contributed by atoms with Gasteiger partial charge in [-0.25, -0.2) is 0 Å². The van der Waals surface area contributed by atoms with Crippen molar-refractivity contribution < 1.29 is 14.3 Å². The summed E-state index contributed by atoms with van der Waals surface area (Å²) in [5, 5.41) is 3.14. The lowest BCUT2D eigenvalue weighted by Gasteiger charge is -2.22. The fraction of sp³-hybridized carbons (Fsp3) is 0.467. The largest absolute Gasteiger partial charge is 0.495 e. The van der Waals surface area contributed by atoms with Crippen LogP contribution in [0.5, 0.6) is 5.75 Å². The second-order valence-corrected chi connectivity index (χ2v) is 5.60. The van der Waals surface area contributed by atoms with Gasteiger partial charge in [0, 0.05) is 19.2 Å². The third kappa shape index (κ3) is 5.63. The number of halogens is 1. The summed E-state index contributed by atoms with van der Waals surface area (Å²) in [5.74, 6) is 0.468. The van der Waals surface area contributed by atoms with Gasteiger partial charge in [-0.2, -0.15) is 0 Å². The molecule has 0 aliphatic carbocycles. The van der Waals surface area contributed by atoms with Crippen LogP contribution in [0.25, 0.3) is 0 Å². The highest BCUT2D eigenvalue weighted by molar-refractivity contribution is 6.32. The highest BCUT2D eigenvalue weighted by Crippen LogP contribution is 2.27. The van der Waals surface area contributed by atoms with Crippen LogP contribution >= 0.6 is 11.6 Å². The Balaban J connectivity index is 2.67. The fourth-order valence-electron chi connectivity index (χ4n) is 1.86. The maximum atomic E-state index is 12.0. The maximum Gasteiger partial charge on any atom is 0.243 e. The molecule has 0 fully saturated rings. The van der Waals surface area contributed by atoms with Crippen LogP contribution in [0, 0.1) is 5.92 Å². The molecule has 21 heavy (non-hydrogen) atoms. The van der Waals surface area contributed by atoms with Crippen molar-refractivity contribution in [2.24, 2.45) is 5.92 Å². The highest BCUT2D eigenvalue weighted by atomic mass is 35.5. The number of anilines is 1. The number of methoxy groups -OCH3 is 1. The SMILES string of the molecule is COc1ccc(NC(=O)CN(CC(C)C)C(C)=O)cc1Cl. The molecule has 0 heterocycles. The van der Waals surface area contributed by atoms with E-state index < -0.39 is 0 Å². The molecule has 5 nitrogen and oxygen atoms in total. The minimum Gasteiger partial charge on any atom is -0.495 e. The first-order valence-corrected chi connectivity index (χ1v) is 7.10. The normalized spacial score (nSPS) is 10.4. The summed E-state index contributed by atoms with van der Waals surface area (Å²) in [6.07, 6.45) is 0. The van der Waals surface area contributed by atoms with Gasteiger partial charge in [0.1, 0.15) is 5.75 Å². The molecule has 2 amide bonds. The van der Waals surface area contributed by atoms with Crippen LogP contribution in [0.2, 0.25) is 5.02 Å². The van der Waals surface area contributed by atoms with E-state index in [0.29, 0.717) is 28.9 Å². The number of carbonyl (C=O) groups is 2. The molecule has 1 N–H and O–H groups in total. The predicted molar refractivity (Wildman–Crippen MR) is 83.7 cm³/mol. The number of nitrogens with one attached hydrogen (secondary N) is 1. The average molecular weight is 313 g/mol. The van der Waals surface area contributed by atoms with E-state index >= 15 is 0 Å². The van der Waals surface area contributed by atoms with Crippen LogP contribution in [0.3, 0.4) is 0 Å². The lowest BCUT2D eigenvalue weighted by molar-refractivity contribution is -0.133. The summed E-state index contributed by atoms with van der Waals surface area (Å²) in [7, 11) is 1.52. The molecule has 1 aromatic carbocycles. The zero-order valence-electron chi connectivity index (χ0n) is 12.8. The van der Waals surface area contributed by atoms with Gasteiger partial charge in [-0.15, -0.1) is 0 Å². The topological polar surface area (TPSA) is 58.6 Å². The summed E-state index contributed by atoms with van der Waals surface area (Å²) >= 11 is 6.00. The number of rotatable bonds is 6. The van der Waals surface area contributed by atoms with Crippen molar-refractivity contribution in [2.75, 3.05) is 25.5 Å². The molecule has 0 saturated heterocycles. The zero-order valence-corrected chi connectivity index (χ0v) is 13.5. The maximum absolute atomic E-state index is 12.0. The van der Waals surface area contributed by atoms with Crippen molar-refractivity contribution in [2.45, 2.75) is 20.8 Å². The molecule has 1 rings (SSSR count). The highest BCUT2D eigenvalue weighted by Gasteiger charge is 2.15. The molecule has 0 spiro atoms. The average Bonchev–Trinajstić information content (AvgIpc) is 2.37. The number of ether oxygens (including phenoxy) is 1. The van der Waals surface area contributed by atoms with Crippen molar-refractivity contribution in [3.63, 3.8) is 0 Å². The number of amides is 2. The smallest absolute Gasteiger partial charge is 0.243 e. The Morgan fingerprint density at radius 1 is 1.38 bits per heavy atom. The quantitative estimate of drug-likeness (QED) is 0.878. The van der Waals surface area contributed by atoms with Crippen molar-refractivity contribution in [3.05, 3.63) is 23.2 Å². The van der Waals surface area contributed by atoms with Gasteiger partial charge < -0.3 is 15.0 Å². The van der Waals surface area contributed by atoms with Crippen LogP contribution in [0.15, 0.2) is 18.2 Å². The summed E-state index contributed by atoms with van der Waals surface area (Å²) in [6, 6.07) is 4.98. The number of benzene rings is 1. The van der Waals surface area contributed by atoms with Crippen LogP contribution in [-0.2, 0) is 9.59 Å². The summed E-state index contributed by atoms with van der Waals surface area (Å²) in [5.41, 5.74) is 0.568. The molecular weight excluding hydrogens is 292 g/mol. The predicted octanol–water partition coefficient (Wildman–Crippen LogP) is 2.79. The third-order valence-electron chi connectivity index (χ3n) is 2.80.